The summed E-state index contributed by atoms with van der Waals surface area (Å²) in [5.74, 6) is 5.00. The lowest BCUT2D eigenvalue weighted by Crippen LogP contribution is -2.43. The van der Waals surface area contributed by atoms with Crippen LogP contribution in [0.3, 0.4) is 0 Å². The van der Waals surface area contributed by atoms with Crippen LogP contribution in [-0.2, 0) is 17.6 Å². The van der Waals surface area contributed by atoms with E-state index in [9.17, 15) is 14.7 Å². The van der Waals surface area contributed by atoms with Crippen molar-refractivity contribution in [1.29, 1.82) is 0 Å². The monoisotopic (exact) mass is 664 g/mol. The van der Waals surface area contributed by atoms with Crippen molar-refractivity contribution in [2.45, 2.75) is 83.3 Å². The number of phenols is 1. The zero-order valence-corrected chi connectivity index (χ0v) is 28.8. The molecule has 3 aromatic rings. The number of Topliss-reactive ketones (excluding diaryl/α,β-unsaturated/α-hetero) is 2. The number of ketones is 2. The number of carbonyl (C=O) groups is 2. The molecule has 3 heterocycles. The first-order chi connectivity index (χ1) is 23.6. The van der Waals surface area contributed by atoms with E-state index in [0.717, 1.165) is 55.4 Å². The van der Waals surface area contributed by atoms with Gasteiger partial charge < -0.3 is 28.8 Å². The Morgan fingerprint density at radius 2 is 1.73 bits per heavy atom. The zero-order valence-electron chi connectivity index (χ0n) is 28.8. The lowest BCUT2D eigenvalue weighted by molar-refractivity contribution is -0.126. The van der Waals surface area contributed by atoms with Crippen LogP contribution in [-0.4, -0.2) is 49.7 Å². The van der Waals surface area contributed by atoms with Crippen LogP contribution in [0, 0.1) is 17.3 Å². The van der Waals surface area contributed by atoms with E-state index in [0.29, 0.717) is 64.5 Å². The number of phenolic OH excluding ortho intramolecular Hbond substituents is 1. The lowest BCUT2D eigenvalue weighted by atomic mass is 9.60. The van der Waals surface area contributed by atoms with Gasteiger partial charge in [0.25, 0.3) is 0 Å². The molecule has 3 aliphatic carbocycles. The van der Waals surface area contributed by atoms with E-state index in [1.165, 1.54) is 16.7 Å². The Morgan fingerprint density at radius 1 is 0.939 bits per heavy atom. The molecule has 9 rings (SSSR count). The number of ether oxygens (including phenoxy) is 5. The Hall–Kier alpha value is -4.46. The Labute approximate surface area is 287 Å². The van der Waals surface area contributed by atoms with Gasteiger partial charge in [0.15, 0.2) is 17.3 Å². The highest BCUT2D eigenvalue weighted by atomic mass is 16.5. The smallest absolute Gasteiger partial charge is 0.178 e. The highest BCUT2D eigenvalue weighted by molar-refractivity contribution is 6.06. The molecule has 1 N–H and O–H groups in total. The highest BCUT2D eigenvalue weighted by Gasteiger charge is 2.52. The van der Waals surface area contributed by atoms with E-state index in [1.54, 1.807) is 26.4 Å². The fourth-order valence-corrected chi connectivity index (χ4v) is 9.20. The van der Waals surface area contributed by atoms with Crippen LogP contribution in [0.5, 0.6) is 34.5 Å². The minimum absolute atomic E-state index is 0.0452. The molecule has 256 valence electrons. The first kappa shape index (κ1) is 31.8. The quantitative estimate of drug-likeness (QED) is 0.287. The molecule has 0 spiro atoms. The Balaban J connectivity index is 0.000000152. The molecule has 0 saturated heterocycles. The summed E-state index contributed by atoms with van der Waals surface area (Å²) >= 11 is 0. The van der Waals surface area contributed by atoms with E-state index >= 15 is 0 Å². The number of benzene rings is 3. The van der Waals surface area contributed by atoms with Crippen molar-refractivity contribution in [3.8, 4) is 34.5 Å². The topological polar surface area (TPSA) is 101 Å². The van der Waals surface area contributed by atoms with Crippen molar-refractivity contribution in [1.82, 2.24) is 0 Å². The molecule has 6 atom stereocenters. The summed E-state index contributed by atoms with van der Waals surface area (Å²) < 4.78 is 29.2. The van der Waals surface area contributed by atoms with Crippen molar-refractivity contribution >= 4 is 11.6 Å². The first-order valence-electron chi connectivity index (χ1n) is 17.6. The number of hydrogen-bond donors (Lipinski definition) is 1. The van der Waals surface area contributed by atoms with E-state index < -0.39 is 5.92 Å². The Morgan fingerprint density at radius 3 is 2.51 bits per heavy atom. The van der Waals surface area contributed by atoms with Crippen LogP contribution in [0.25, 0.3) is 0 Å². The van der Waals surface area contributed by atoms with Crippen LogP contribution in [0.15, 0.2) is 54.1 Å². The zero-order chi connectivity index (χ0) is 34.2. The molecule has 6 unspecified atom stereocenters. The summed E-state index contributed by atoms with van der Waals surface area (Å²) in [6.07, 6.45) is 7.59. The fourth-order valence-electron chi connectivity index (χ4n) is 9.20. The number of hydrogen-bond acceptors (Lipinski definition) is 8. The molecule has 6 aliphatic rings. The van der Waals surface area contributed by atoms with Crippen LogP contribution in [0.4, 0.5) is 0 Å². The van der Waals surface area contributed by atoms with Gasteiger partial charge in [-0.2, -0.15) is 0 Å². The minimum atomic E-state index is -0.438. The highest BCUT2D eigenvalue weighted by Crippen LogP contribution is 2.58. The predicted octanol–water partition coefficient (Wildman–Crippen LogP) is 7.52. The van der Waals surface area contributed by atoms with Crippen molar-refractivity contribution in [3.63, 3.8) is 0 Å². The van der Waals surface area contributed by atoms with Gasteiger partial charge in [-0.1, -0.05) is 38.5 Å². The van der Waals surface area contributed by atoms with Crippen LogP contribution in [0.1, 0.15) is 90.9 Å². The fraction of sp³-hybridized carbons (Fsp3) is 0.463. The van der Waals surface area contributed by atoms with Gasteiger partial charge in [-0.05, 0) is 79.0 Å². The van der Waals surface area contributed by atoms with Gasteiger partial charge in [0.05, 0.1) is 25.7 Å². The van der Waals surface area contributed by atoms with Crippen molar-refractivity contribution in [2.75, 3.05) is 20.8 Å². The molecule has 2 saturated carbocycles. The van der Waals surface area contributed by atoms with Gasteiger partial charge in [0, 0.05) is 41.4 Å². The average molecular weight is 665 g/mol. The van der Waals surface area contributed by atoms with Crippen molar-refractivity contribution in [2.24, 2.45) is 17.3 Å². The molecule has 0 amide bonds. The number of aromatic hydroxyl groups is 1. The molecule has 0 aromatic heterocycles. The van der Waals surface area contributed by atoms with Gasteiger partial charge in [-0.15, -0.1) is 0 Å². The summed E-state index contributed by atoms with van der Waals surface area (Å²) in [7, 11) is 3.16. The summed E-state index contributed by atoms with van der Waals surface area (Å²) in [5.41, 5.74) is 6.41. The Kier molecular flexibility index (Phi) is 7.69. The maximum absolute atomic E-state index is 13.5. The van der Waals surface area contributed by atoms with E-state index in [1.807, 2.05) is 24.3 Å². The number of allylic oxidation sites excluding steroid dienone is 2. The molecule has 3 aliphatic heterocycles. The second-order valence-corrected chi connectivity index (χ2v) is 14.9. The first-order valence-corrected chi connectivity index (χ1v) is 17.6. The van der Waals surface area contributed by atoms with Gasteiger partial charge >= 0.3 is 0 Å². The maximum Gasteiger partial charge on any atom is 0.178 e. The number of rotatable bonds is 3. The standard InChI is InChI=1S/C23H24O6.C18H20O2/c1-11(2)16-8-14-15(28-16)6-5-12-22(24)21-13-7-18(25-3)19(26-4)9-17(13)27-10-20(21)29-23(12)14;1-18-9-8-14-13-5-3-12(19)10-11(13)2-4-15(14)16(18)6-7-17(18)20/h5-7,9,11,16,20-21H,8,10H2,1-4H3;3-5,10,14,16,19H,2,6-9H2,1H3. The molecular weight excluding hydrogens is 620 g/mol. The molecule has 2 fully saturated rings. The van der Waals surface area contributed by atoms with Crippen LogP contribution in [0.2, 0.25) is 0 Å². The maximum atomic E-state index is 13.5. The third kappa shape index (κ3) is 5.00. The van der Waals surface area contributed by atoms with Gasteiger partial charge in [0.2, 0.25) is 0 Å². The molecule has 8 heteroatoms. The number of carbonyl (C=O) groups excluding carboxylic acids is 2. The third-order valence-corrected chi connectivity index (χ3v) is 12.0. The normalized spacial score (nSPS) is 28.4. The molecule has 0 radical (unpaired) electrons. The number of fused-ring (bicyclic) bond motifs is 11. The van der Waals surface area contributed by atoms with Crippen LogP contribution < -0.4 is 23.7 Å². The largest absolute Gasteiger partial charge is 0.508 e. The SMILES string of the molecule is CC12CCC3C(=CCc4cc(O)ccc43)C1CCC2=O.COc1cc2c(cc1OC)C1C(=O)c3ccc4c(c3OC1CO2)CC(C(C)C)O4. The second-order valence-electron chi connectivity index (χ2n) is 14.9. The minimum Gasteiger partial charge on any atom is -0.508 e. The Bertz CT molecular complexity index is 1890. The van der Waals surface area contributed by atoms with Gasteiger partial charge in [-0.25, -0.2) is 0 Å². The third-order valence-electron chi connectivity index (χ3n) is 12.0. The summed E-state index contributed by atoms with van der Waals surface area (Å²) in [6.45, 7) is 6.75. The lowest BCUT2D eigenvalue weighted by Gasteiger charge is -2.43. The summed E-state index contributed by atoms with van der Waals surface area (Å²) in [5, 5.41) is 9.64. The van der Waals surface area contributed by atoms with E-state index in [2.05, 4.69) is 32.9 Å². The molecule has 3 aromatic carbocycles. The predicted molar refractivity (Wildman–Crippen MR) is 184 cm³/mol. The summed E-state index contributed by atoms with van der Waals surface area (Å²) in [4.78, 5) is 25.8. The summed E-state index contributed by atoms with van der Waals surface area (Å²) in [6, 6.07) is 13.1. The van der Waals surface area contributed by atoms with Gasteiger partial charge in [0.1, 0.15) is 47.6 Å². The molecule has 49 heavy (non-hydrogen) atoms. The van der Waals surface area contributed by atoms with E-state index in [4.69, 9.17) is 23.7 Å². The average Bonchev–Trinajstić information content (AvgIpc) is 3.68. The van der Waals surface area contributed by atoms with Crippen LogP contribution >= 0.6 is 0 Å². The van der Waals surface area contributed by atoms with Crippen molar-refractivity contribution in [3.05, 3.63) is 81.9 Å². The number of methoxy groups -OCH3 is 2. The van der Waals surface area contributed by atoms with Crippen molar-refractivity contribution < 1.29 is 38.4 Å². The van der Waals surface area contributed by atoms with E-state index in [-0.39, 0.29) is 23.4 Å². The molecule has 8 nitrogen and oxygen atoms in total. The molecular formula is C41H44O8. The molecule has 0 bridgehead atoms. The second kappa shape index (κ2) is 11.9. The van der Waals surface area contributed by atoms with Gasteiger partial charge in [-0.3, -0.25) is 9.59 Å².